The van der Waals surface area contributed by atoms with Gasteiger partial charge < -0.3 is 10.6 Å². The molecule has 0 aliphatic rings. The summed E-state index contributed by atoms with van der Waals surface area (Å²) >= 11 is 1.43. The first kappa shape index (κ1) is 22.5. The van der Waals surface area contributed by atoms with E-state index in [2.05, 4.69) is 32.0 Å². The summed E-state index contributed by atoms with van der Waals surface area (Å²) < 4.78 is 1.63. The van der Waals surface area contributed by atoms with E-state index in [4.69, 9.17) is 0 Å². The molecule has 0 radical (unpaired) electrons. The monoisotopic (exact) mass is 417 g/mol. The molecule has 2 aromatic heterocycles. The number of aromatic amines is 1. The zero-order valence-corrected chi connectivity index (χ0v) is 18.0. The van der Waals surface area contributed by atoms with Crippen molar-refractivity contribution >= 4 is 35.2 Å². The Bertz CT molecular complexity index is 881. The number of carbonyl (C=O) groups is 2. The van der Waals surface area contributed by atoms with Crippen molar-refractivity contribution in [2.24, 2.45) is 18.9 Å². The van der Waals surface area contributed by atoms with Crippen LogP contribution in [0.15, 0.2) is 17.3 Å². The molecule has 0 bridgehead atoms. The molecule has 3 N–H and O–H groups in total. The van der Waals surface area contributed by atoms with Gasteiger partial charge in [0.1, 0.15) is 22.5 Å². The van der Waals surface area contributed by atoms with Gasteiger partial charge in [-0.2, -0.15) is 15.5 Å². The van der Waals surface area contributed by atoms with Crippen molar-refractivity contribution < 1.29 is 9.59 Å². The highest BCUT2D eigenvalue weighted by Gasteiger charge is 2.17. The first-order valence-electron chi connectivity index (χ1n) is 9.49. The topological polar surface area (TPSA) is 128 Å². The molecule has 2 heterocycles. The molecule has 1 atom stereocenters. The number of hydrogen-bond acceptors (Lipinski definition) is 6. The third-order valence-corrected chi connectivity index (χ3v) is 5.08. The molecule has 0 saturated heterocycles. The van der Waals surface area contributed by atoms with Crippen LogP contribution in [0.2, 0.25) is 0 Å². The number of anilines is 2. The first-order chi connectivity index (χ1) is 13.8. The lowest BCUT2D eigenvalue weighted by molar-refractivity contribution is -0.117. The van der Waals surface area contributed by atoms with E-state index >= 15 is 0 Å². The molecule has 0 spiro atoms. The van der Waals surface area contributed by atoms with Gasteiger partial charge in [-0.15, -0.1) is 11.8 Å². The second kappa shape index (κ2) is 10.7. The van der Waals surface area contributed by atoms with Crippen molar-refractivity contribution in [3.8, 4) is 6.07 Å². The van der Waals surface area contributed by atoms with E-state index in [1.54, 1.807) is 24.0 Å². The van der Waals surface area contributed by atoms with Crippen LogP contribution in [-0.2, 0) is 16.6 Å². The Morgan fingerprint density at radius 2 is 2.00 bits per heavy atom. The maximum Gasteiger partial charge on any atom is 0.225 e. The van der Waals surface area contributed by atoms with E-state index in [1.165, 1.54) is 11.8 Å². The Morgan fingerprint density at radius 1 is 1.28 bits per heavy atom. The van der Waals surface area contributed by atoms with E-state index in [0.29, 0.717) is 40.8 Å². The van der Waals surface area contributed by atoms with E-state index in [-0.39, 0.29) is 23.7 Å². The van der Waals surface area contributed by atoms with Gasteiger partial charge >= 0.3 is 0 Å². The minimum absolute atomic E-state index is 0.0752. The zero-order chi connectivity index (χ0) is 21.4. The van der Waals surface area contributed by atoms with Crippen LogP contribution in [0.1, 0.15) is 45.6 Å². The van der Waals surface area contributed by atoms with Gasteiger partial charge in [0.05, 0.1) is 0 Å². The maximum absolute atomic E-state index is 12.1. The molecule has 2 aromatic rings. The lowest BCUT2D eigenvalue weighted by atomic mass is 10.1. The standard InChI is InChI=1S/C19H27N7O2S/c1-12(2)9-16(27)22-18-14(11-20)19(24-23-18)29-8-6-13(3)10-17(28)21-15-5-7-26(4)25-15/h5,7,12-13H,6,8-10H2,1-4H3,(H,21,25,28)(H2,22,23,24,27)/t13-/m0/s1. The molecule has 0 fully saturated rings. The predicted molar refractivity (Wildman–Crippen MR) is 112 cm³/mol. The quantitative estimate of drug-likeness (QED) is 0.509. The van der Waals surface area contributed by atoms with Gasteiger partial charge in [0.2, 0.25) is 11.8 Å². The summed E-state index contributed by atoms with van der Waals surface area (Å²) in [6.07, 6.45) is 3.32. The number of amides is 2. The predicted octanol–water partition coefficient (Wildman–Crippen LogP) is 3.15. The summed E-state index contributed by atoms with van der Waals surface area (Å²) in [4.78, 5) is 24.0. The molecule has 0 aliphatic heterocycles. The average molecular weight is 418 g/mol. The minimum Gasteiger partial charge on any atom is -0.310 e. The Hall–Kier alpha value is -2.80. The lowest BCUT2D eigenvalue weighted by Gasteiger charge is -2.10. The number of hydrogen-bond donors (Lipinski definition) is 3. The fraction of sp³-hybridized carbons (Fsp3) is 0.526. The van der Waals surface area contributed by atoms with Gasteiger partial charge in [-0.05, 0) is 24.0 Å². The fourth-order valence-electron chi connectivity index (χ4n) is 2.64. The molecule has 0 unspecified atom stereocenters. The normalized spacial score (nSPS) is 11.9. The molecule has 10 heteroatoms. The molecular weight excluding hydrogens is 390 g/mol. The summed E-state index contributed by atoms with van der Waals surface area (Å²) in [6, 6.07) is 3.85. The third kappa shape index (κ3) is 7.27. The van der Waals surface area contributed by atoms with Gasteiger partial charge in [-0.1, -0.05) is 20.8 Å². The SMILES string of the molecule is CC(C)CC(=O)Nc1[nH]nc(SCC[C@H](C)CC(=O)Nc2ccn(C)n2)c1C#N. The second-order valence-electron chi connectivity index (χ2n) is 7.41. The Balaban J connectivity index is 1.80. The van der Waals surface area contributed by atoms with Crippen LogP contribution in [0.5, 0.6) is 0 Å². The molecule has 0 aliphatic carbocycles. The third-order valence-electron chi connectivity index (χ3n) is 4.07. The van der Waals surface area contributed by atoms with Crippen LogP contribution in [0.3, 0.4) is 0 Å². The smallest absolute Gasteiger partial charge is 0.225 e. The molecule has 9 nitrogen and oxygen atoms in total. The van der Waals surface area contributed by atoms with E-state index in [1.807, 2.05) is 20.8 Å². The van der Waals surface area contributed by atoms with Crippen LogP contribution < -0.4 is 10.6 Å². The van der Waals surface area contributed by atoms with Crippen molar-refractivity contribution in [2.75, 3.05) is 16.4 Å². The van der Waals surface area contributed by atoms with Crippen molar-refractivity contribution in [1.82, 2.24) is 20.0 Å². The lowest BCUT2D eigenvalue weighted by Crippen LogP contribution is -2.16. The van der Waals surface area contributed by atoms with Crippen LogP contribution in [-0.4, -0.2) is 37.5 Å². The fourth-order valence-corrected chi connectivity index (χ4v) is 3.75. The molecule has 2 rings (SSSR count). The van der Waals surface area contributed by atoms with Crippen LogP contribution in [0.4, 0.5) is 11.6 Å². The number of nitriles is 1. The number of aryl methyl sites for hydroxylation is 1. The second-order valence-corrected chi connectivity index (χ2v) is 8.49. The van der Waals surface area contributed by atoms with Gasteiger partial charge in [-0.3, -0.25) is 19.4 Å². The van der Waals surface area contributed by atoms with Crippen molar-refractivity contribution in [2.45, 2.75) is 45.1 Å². The van der Waals surface area contributed by atoms with Crippen molar-refractivity contribution in [3.63, 3.8) is 0 Å². The minimum atomic E-state index is -0.149. The number of nitrogens with one attached hydrogen (secondary N) is 3. The van der Waals surface area contributed by atoms with E-state index < -0.39 is 0 Å². The molecule has 156 valence electrons. The Labute approximate surface area is 174 Å². The summed E-state index contributed by atoms with van der Waals surface area (Å²) in [7, 11) is 1.79. The summed E-state index contributed by atoms with van der Waals surface area (Å²) in [6.45, 7) is 5.92. The van der Waals surface area contributed by atoms with Crippen molar-refractivity contribution in [3.05, 3.63) is 17.8 Å². The highest BCUT2D eigenvalue weighted by molar-refractivity contribution is 7.99. The van der Waals surface area contributed by atoms with Crippen LogP contribution >= 0.6 is 11.8 Å². The zero-order valence-electron chi connectivity index (χ0n) is 17.2. The number of nitrogens with zero attached hydrogens (tertiary/aromatic N) is 4. The van der Waals surface area contributed by atoms with Gasteiger partial charge in [0, 0.05) is 32.2 Å². The van der Waals surface area contributed by atoms with E-state index in [9.17, 15) is 14.9 Å². The Kier molecular flexibility index (Phi) is 8.27. The van der Waals surface area contributed by atoms with E-state index in [0.717, 1.165) is 6.42 Å². The van der Waals surface area contributed by atoms with Crippen LogP contribution in [0.25, 0.3) is 0 Å². The number of thioether (sulfide) groups is 1. The largest absolute Gasteiger partial charge is 0.310 e. The molecule has 2 amide bonds. The number of rotatable bonds is 10. The number of aromatic nitrogens is 4. The average Bonchev–Trinajstić information content (AvgIpc) is 3.19. The number of carbonyl (C=O) groups excluding carboxylic acids is 2. The highest BCUT2D eigenvalue weighted by atomic mass is 32.2. The molecule has 0 aromatic carbocycles. The van der Waals surface area contributed by atoms with Gasteiger partial charge in [0.25, 0.3) is 0 Å². The summed E-state index contributed by atoms with van der Waals surface area (Å²) in [5.74, 6) is 1.76. The first-order valence-corrected chi connectivity index (χ1v) is 10.5. The number of H-pyrrole nitrogens is 1. The maximum atomic E-state index is 12.1. The van der Waals surface area contributed by atoms with Crippen LogP contribution in [0, 0.1) is 23.2 Å². The summed E-state index contributed by atoms with van der Waals surface area (Å²) in [5.41, 5.74) is 0.340. The molecule has 0 saturated carbocycles. The molecule has 29 heavy (non-hydrogen) atoms. The van der Waals surface area contributed by atoms with Gasteiger partial charge in [0.15, 0.2) is 5.82 Å². The Morgan fingerprint density at radius 3 is 2.62 bits per heavy atom. The molecular formula is C19H27N7O2S. The highest BCUT2D eigenvalue weighted by Crippen LogP contribution is 2.27. The van der Waals surface area contributed by atoms with Gasteiger partial charge in [-0.25, -0.2) is 0 Å². The summed E-state index contributed by atoms with van der Waals surface area (Å²) in [5, 5.41) is 26.5. The van der Waals surface area contributed by atoms with Crippen molar-refractivity contribution in [1.29, 1.82) is 5.26 Å².